The molecule has 14 heavy (non-hydrogen) atoms. The molecule has 0 radical (unpaired) electrons. The summed E-state index contributed by atoms with van der Waals surface area (Å²) in [4.78, 5) is 10.5. The summed E-state index contributed by atoms with van der Waals surface area (Å²) < 4.78 is 13.4. The van der Waals surface area contributed by atoms with Crippen LogP contribution in [-0.4, -0.2) is 28.2 Å². The molecule has 0 bridgehead atoms. The van der Waals surface area contributed by atoms with E-state index in [0.717, 1.165) is 6.07 Å². The van der Waals surface area contributed by atoms with Crippen LogP contribution in [0.1, 0.15) is 10.4 Å². The van der Waals surface area contributed by atoms with E-state index in [0.29, 0.717) is 0 Å². The van der Waals surface area contributed by atoms with Crippen LogP contribution in [0.2, 0.25) is 0 Å². The van der Waals surface area contributed by atoms with Crippen LogP contribution in [0.5, 0.6) is 0 Å². The summed E-state index contributed by atoms with van der Waals surface area (Å²) in [5.74, 6) is -2.61. The molecule has 3 N–H and O–H groups in total. The Bertz CT molecular complexity index is 382. The average molecular weight is 263 g/mol. The lowest BCUT2D eigenvalue weighted by Gasteiger charge is -2.06. The first-order chi connectivity index (χ1) is 6.45. The third-order valence-electron chi connectivity index (χ3n) is 1.62. The predicted molar refractivity (Wildman–Crippen MR) is 50.9 cm³/mol. The maximum atomic E-state index is 13.3. The van der Waals surface area contributed by atoms with Gasteiger partial charge in [-0.05, 0) is 12.1 Å². The van der Waals surface area contributed by atoms with Crippen molar-refractivity contribution in [3.05, 3.63) is 28.0 Å². The van der Waals surface area contributed by atoms with E-state index in [1.165, 1.54) is 6.07 Å². The first-order valence-electron chi connectivity index (χ1n) is 3.52. The van der Waals surface area contributed by atoms with Crippen LogP contribution in [0.25, 0.3) is 0 Å². The third-order valence-corrected chi connectivity index (χ3v) is 2.31. The quantitative estimate of drug-likeness (QED) is 0.654. The van der Waals surface area contributed by atoms with E-state index < -0.39 is 29.9 Å². The van der Waals surface area contributed by atoms with Crippen LogP contribution in [0.15, 0.2) is 16.6 Å². The smallest absolute Gasteiger partial charge is 0.478 e. The number of benzene rings is 1. The van der Waals surface area contributed by atoms with Gasteiger partial charge in [0.1, 0.15) is 5.82 Å². The van der Waals surface area contributed by atoms with Crippen molar-refractivity contribution in [1.29, 1.82) is 0 Å². The number of aromatic carboxylic acids is 1. The summed E-state index contributed by atoms with van der Waals surface area (Å²) in [5.41, 5.74) is -1.08. The Labute approximate surface area is 87.3 Å². The molecule has 0 atom stereocenters. The van der Waals surface area contributed by atoms with Crippen molar-refractivity contribution < 1.29 is 24.3 Å². The van der Waals surface area contributed by atoms with Crippen molar-refractivity contribution in [3.8, 4) is 0 Å². The second-order valence-electron chi connectivity index (χ2n) is 2.50. The molecule has 0 saturated heterocycles. The van der Waals surface area contributed by atoms with Crippen molar-refractivity contribution in [2.75, 3.05) is 0 Å². The van der Waals surface area contributed by atoms with Crippen molar-refractivity contribution in [2.45, 2.75) is 0 Å². The van der Waals surface area contributed by atoms with Gasteiger partial charge in [0, 0.05) is 9.94 Å². The Morgan fingerprint density at radius 1 is 1.43 bits per heavy atom. The van der Waals surface area contributed by atoms with E-state index in [2.05, 4.69) is 15.9 Å². The Hall–Kier alpha value is -0.915. The topological polar surface area (TPSA) is 77.8 Å². The second kappa shape index (κ2) is 4.08. The van der Waals surface area contributed by atoms with Gasteiger partial charge in [-0.15, -0.1) is 0 Å². The highest BCUT2D eigenvalue weighted by Gasteiger charge is 2.24. The number of halogens is 2. The number of carboxylic acid groups (broad SMARTS) is 1. The van der Waals surface area contributed by atoms with Crippen molar-refractivity contribution in [3.63, 3.8) is 0 Å². The van der Waals surface area contributed by atoms with Crippen LogP contribution in [0.3, 0.4) is 0 Å². The molecule has 0 aliphatic rings. The summed E-state index contributed by atoms with van der Waals surface area (Å²) in [6.45, 7) is 0. The number of carbonyl (C=O) groups is 1. The number of hydrogen-bond donors (Lipinski definition) is 3. The lowest BCUT2D eigenvalue weighted by Crippen LogP contribution is -2.35. The standard InChI is InChI=1S/C7H5BBrFO4/c9-4-2-1-3(7(11)12)6(10)5(4)8(13)14/h1-2,13-14H,(H,11,12). The maximum absolute atomic E-state index is 13.3. The molecule has 0 spiro atoms. The Balaban J connectivity index is 3.41. The van der Waals surface area contributed by atoms with Crippen LogP contribution in [0.4, 0.5) is 4.39 Å². The molecule has 1 aromatic rings. The molecule has 0 fully saturated rings. The van der Waals surface area contributed by atoms with Gasteiger partial charge in [-0.1, -0.05) is 15.9 Å². The predicted octanol–water partition coefficient (Wildman–Crippen LogP) is -0.0338. The molecule has 0 aromatic heterocycles. The van der Waals surface area contributed by atoms with E-state index in [4.69, 9.17) is 15.2 Å². The molecular weight excluding hydrogens is 258 g/mol. The highest BCUT2D eigenvalue weighted by Crippen LogP contribution is 2.13. The normalized spacial score (nSPS) is 10.0. The maximum Gasteiger partial charge on any atom is 0.492 e. The Morgan fingerprint density at radius 2 is 2.00 bits per heavy atom. The molecule has 74 valence electrons. The fourth-order valence-electron chi connectivity index (χ4n) is 0.971. The minimum absolute atomic E-state index is 0.106. The zero-order chi connectivity index (χ0) is 10.9. The first kappa shape index (κ1) is 11.2. The first-order valence-corrected chi connectivity index (χ1v) is 4.31. The molecule has 0 aliphatic carbocycles. The largest absolute Gasteiger partial charge is 0.492 e. The molecule has 1 aromatic carbocycles. The molecule has 1 rings (SSSR count). The van der Waals surface area contributed by atoms with Gasteiger partial charge in [0.2, 0.25) is 0 Å². The van der Waals surface area contributed by atoms with E-state index >= 15 is 0 Å². The van der Waals surface area contributed by atoms with Gasteiger partial charge >= 0.3 is 13.1 Å². The highest BCUT2D eigenvalue weighted by molar-refractivity contribution is 9.10. The van der Waals surface area contributed by atoms with Crippen molar-refractivity contribution in [1.82, 2.24) is 0 Å². The SMILES string of the molecule is O=C(O)c1ccc(Br)c(B(O)O)c1F. The van der Waals surface area contributed by atoms with Crippen LogP contribution < -0.4 is 5.46 Å². The number of hydrogen-bond acceptors (Lipinski definition) is 3. The molecular formula is C7H5BBrFO4. The summed E-state index contributed by atoms with van der Waals surface area (Å²) in [6, 6.07) is 2.27. The summed E-state index contributed by atoms with van der Waals surface area (Å²) in [5, 5.41) is 26.1. The molecule has 0 saturated carbocycles. The van der Waals surface area contributed by atoms with E-state index in [-0.39, 0.29) is 4.47 Å². The van der Waals surface area contributed by atoms with Gasteiger partial charge < -0.3 is 15.2 Å². The lowest BCUT2D eigenvalue weighted by atomic mass is 9.79. The minimum Gasteiger partial charge on any atom is -0.478 e. The zero-order valence-electron chi connectivity index (χ0n) is 6.74. The fraction of sp³-hybridized carbons (Fsp3) is 0. The van der Waals surface area contributed by atoms with E-state index in [1.807, 2.05) is 0 Å². The van der Waals surface area contributed by atoms with Gasteiger partial charge in [-0.25, -0.2) is 9.18 Å². The van der Waals surface area contributed by atoms with Gasteiger partial charge in [0.25, 0.3) is 0 Å². The third kappa shape index (κ3) is 1.94. The zero-order valence-corrected chi connectivity index (χ0v) is 8.32. The van der Waals surface area contributed by atoms with Crippen LogP contribution >= 0.6 is 15.9 Å². The molecule has 4 nitrogen and oxygen atoms in total. The van der Waals surface area contributed by atoms with E-state index in [9.17, 15) is 9.18 Å². The molecule has 0 aliphatic heterocycles. The minimum atomic E-state index is -2.05. The Kier molecular flexibility index (Phi) is 3.25. The molecule has 0 unspecified atom stereocenters. The van der Waals surface area contributed by atoms with Gasteiger partial charge in [0.05, 0.1) is 5.56 Å². The van der Waals surface area contributed by atoms with Crippen LogP contribution in [0, 0.1) is 5.82 Å². The van der Waals surface area contributed by atoms with Gasteiger partial charge in [-0.3, -0.25) is 0 Å². The number of carboxylic acids is 1. The lowest BCUT2D eigenvalue weighted by molar-refractivity contribution is 0.0692. The summed E-state index contributed by atoms with van der Waals surface area (Å²) in [6.07, 6.45) is 0. The average Bonchev–Trinajstić information content (AvgIpc) is 2.02. The molecule has 0 amide bonds. The van der Waals surface area contributed by atoms with Crippen molar-refractivity contribution in [2.24, 2.45) is 0 Å². The van der Waals surface area contributed by atoms with Crippen LogP contribution in [-0.2, 0) is 0 Å². The molecule has 0 heterocycles. The highest BCUT2D eigenvalue weighted by atomic mass is 79.9. The van der Waals surface area contributed by atoms with E-state index in [1.54, 1.807) is 0 Å². The van der Waals surface area contributed by atoms with Crippen molar-refractivity contribution >= 4 is 34.5 Å². The fourth-order valence-corrected chi connectivity index (χ4v) is 1.48. The monoisotopic (exact) mass is 262 g/mol. The second-order valence-corrected chi connectivity index (χ2v) is 3.36. The van der Waals surface area contributed by atoms with Gasteiger partial charge in [0.15, 0.2) is 0 Å². The number of rotatable bonds is 2. The molecule has 7 heteroatoms. The Morgan fingerprint density at radius 3 is 2.43 bits per heavy atom. The van der Waals surface area contributed by atoms with Gasteiger partial charge in [-0.2, -0.15) is 0 Å². The summed E-state index contributed by atoms with van der Waals surface area (Å²) in [7, 11) is -2.05. The summed E-state index contributed by atoms with van der Waals surface area (Å²) >= 11 is 2.88.